The summed E-state index contributed by atoms with van der Waals surface area (Å²) in [6.07, 6.45) is 3.61. The summed E-state index contributed by atoms with van der Waals surface area (Å²) < 4.78 is 5.40. The standard InChI is InChI=1S/C19H23N3O4/c1-3-18(24)22-8-6-12(7-9-22)19(25)21-15-11-14-13(10-16(15)26-2)4-5-17(23)20-14/h3,10-12H,1,4-9H2,2H3,(H,20,23)(H,21,25). The van der Waals surface area contributed by atoms with Crippen LogP contribution in [0.2, 0.25) is 0 Å². The van der Waals surface area contributed by atoms with Crippen molar-refractivity contribution in [3.05, 3.63) is 30.4 Å². The average Bonchev–Trinajstić information content (AvgIpc) is 2.66. The van der Waals surface area contributed by atoms with Gasteiger partial charge < -0.3 is 20.3 Å². The molecule has 7 nitrogen and oxygen atoms in total. The third-order valence-electron chi connectivity index (χ3n) is 4.93. The zero-order valence-electron chi connectivity index (χ0n) is 14.8. The number of piperidine rings is 1. The molecule has 0 saturated carbocycles. The molecule has 0 radical (unpaired) electrons. The molecule has 1 aromatic rings. The van der Waals surface area contributed by atoms with Crippen molar-refractivity contribution in [3.8, 4) is 5.75 Å². The van der Waals surface area contributed by atoms with Crippen LogP contribution in [0, 0.1) is 5.92 Å². The highest BCUT2D eigenvalue weighted by Crippen LogP contribution is 2.35. The molecule has 1 fully saturated rings. The molecule has 2 N–H and O–H groups in total. The molecule has 0 spiro atoms. The van der Waals surface area contributed by atoms with E-state index < -0.39 is 0 Å². The van der Waals surface area contributed by atoms with Gasteiger partial charge in [-0.05, 0) is 43.0 Å². The normalized spacial score (nSPS) is 17.1. The van der Waals surface area contributed by atoms with Gasteiger partial charge in [0.2, 0.25) is 17.7 Å². The number of fused-ring (bicyclic) bond motifs is 1. The molecule has 7 heteroatoms. The molecule has 1 saturated heterocycles. The summed E-state index contributed by atoms with van der Waals surface area (Å²) in [4.78, 5) is 37.6. The van der Waals surface area contributed by atoms with Gasteiger partial charge in [0.25, 0.3) is 0 Å². The van der Waals surface area contributed by atoms with Gasteiger partial charge in [-0.2, -0.15) is 0 Å². The number of nitrogens with one attached hydrogen (secondary N) is 2. The number of rotatable bonds is 4. The molecule has 3 amide bonds. The Labute approximate surface area is 152 Å². The van der Waals surface area contributed by atoms with E-state index in [9.17, 15) is 14.4 Å². The Morgan fingerprint density at radius 2 is 2.04 bits per heavy atom. The lowest BCUT2D eigenvalue weighted by Gasteiger charge is -2.30. The first kappa shape index (κ1) is 18.0. The van der Waals surface area contributed by atoms with E-state index in [0.29, 0.717) is 55.9 Å². The van der Waals surface area contributed by atoms with Crippen molar-refractivity contribution in [2.45, 2.75) is 25.7 Å². The highest BCUT2D eigenvalue weighted by molar-refractivity contribution is 5.98. The van der Waals surface area contributed by atoms with Crippen LogP contribution in [0.1, 0.15) is 24.8 Å². The Morgan fingerprint density at radius 1 is 1.31 bits per heavy atom. The predicted molar refractivity (Wildman–Crippen MR) is 98.1 cm³/mol. The molecule has 26 heavy (non-hydrogen) atoms. The third-order valence-corrected chi connectivity index (χ3v) is 4.93. The fourth-order valence-electron chi connectivity index (χ4n) is 3.40. The number of hydrogen-bond acceptors (Lipinski definition) is 4. The quantitative estimate of drug-likeness (QED) is 0.806. The van der Waals surface area contributed by atoms with Gasteiger partial charge in [0, 0.05) is 31.1 Å². The van der Waals surface area contributed by atoms with Crippen LogP contribution in [0.3, 0.4) is 0 Å². The highest BCUT2D eigenvalue weighted by atomic mass is 16.5. The van der Waals surface area contributed by atoms with E-state index in [-0.39, 0.29) is 23.6 Å². The minimum atomic E-state index is -0.167. The van der Waals surface area contributed by atoms with E-state index in [1.165, 1.54) is 6.08 Å². The number of methoxy groups -OCH3 is 1. The lowest BCUT2D eigenvalue weighted by atomic mass is 9.95. The Morgan fingerprint density at radius 3 is 2.69 bits per heavy atom. The Bertz CT molecular complexity index is 751. The van der Waals surface area contributed by atoms with E-state index in [1.54, 1.807) is 18.1 Å². The molecule has 3 rings (SSSR count). The monoisotopic (exact) mass is 357 g/mol. The van der Waals surface area contributed by atoms with Crippen molar-refractivity contribution in [2.24, 2.45) is 5.92 Å². The molecular weight excluding hydrogens is 334 g/mol. The molecule has 0 aromatic heterocycles. The number of anilines is 2. The molecule has 0 aliphatic carbocycles. The average molecular weight is 357 g/mol. The van der Waals surface area contributed by atoms with E-state index in [2.05, 4.69) is 17.2 Å². The molecule has 2 heterocycles. The summed E-state index contributed by atoms with van der Waals surface area (Å²) in [5, 5.41) is 5.75. The van der Waals surface area contributed by atoms with E-state index in [1.807, 2.05) is 6.07 Å². The number of nitrogens with zero attached hydrogens (tertiary/aromatic N) is 1. The molecule has 0 bridgehead atoms. The zero-order valence-corrected chi connectivity index (χ0v) is 14.8. The van der Waals surface area contributed by atoms with Crippen LogP contribution in [-0.2, 0) is 20.8 Å². The molecular formula is C19H23N3O4. The lowest BCUT2D eigenvalue weighted by molar-refractivity contribution is -0.130. The number of hydrogen-bond donors (Lipinski definition) is 2. The highest BCUT2D eigenvalue weighted by Gasteiger charge is 2.27. The number of carbonyl (C=O) groups is 3. The smallest absolute Gasteiger partial charge is 0.245 e. The van der Waals surface area contributed by atoms with Crippen LogP contribution in [0.25, 0.3) is 0 Å². The fraction of sp³-hybridized carbons (Fsp3) is 0.421. The maximum Gasteiger partial charge on any atom is 0.245 e. The van der Waals surface area contributed by atoms with Gasteiger partial charge in [0.1, 0.15) is 5.75 Å². The molecule has 0 atom stereocenters. The first-order valence-corrected chi connectivity index (χ1v) is 8.74. The van der Waals surface area contributed by atoms with Crippen LogP contribution in [-0.4, -0.2) is 42.8 Å². The van der Waals surface area contributed by atoms with Gasteiger partial charge in [0.15, 0.2) is 0 Å². The number of likely N-dealkylation sites (tertiary alicyclic amines) is 1. The Hall–Kier alpha value is -2.83. The largest absolute Gasteiger partial charge is 0.495 e. The van der Waals surface area contributed by atoms with Crippen LogP contribution >= 0.6 is 0 Å². The zero-order chi connectivity index (χ0) is 18.7. The summed E-state index contributed by atoms with van der Waals surface area (Å²) >= 11 is 0. The SMILES string of the molecule is C=CC(=O)N1CCC(C(=O)Nc2cc3c(cc2OC)CCC(=O)N3)CC1. The number of amides is 3. The van der Waals surface area contributed by atoms with Crippen molar-refractivity contribution in [3.63, 3.8) is 0 Å². The maximum absolute atomic E-state index is 12.6. The van der Waals surface area contributed by atoms with Crippen LogP contribution in [0.5, 0.6) is 5.75 Å². The Kier molecular flexibility index (Phi) is 5.25. The third kappa shape index (κ3) is 3.71. The van der Waals surface area contributed by atoms with Crippen molar-refractivity contribution in [2.75, 3.05) is 30.8 Å². The summed E-state index contributed by atoms with van der Waals surface area (Å²) in [6.45, 7) is 4.58. The predicted octanol–water partition coefficient (Wildman–Crippen LogP) is 1.94. The fourth-order valence-corrected chi connectivity index (χ4v) is 3.40. The number of aryl methyl sites for hydroxylation is 1. The van der Waals surface area contributed by atoms with Crippen molar-refractivity contribution >= 4 is 29.1 Å². The van der Waals surface area contributed by atoms with Gasteiger partial charge in [-0.1, -0.05) is 6.58 Å². The van der Waals surface area contributed by atoms with Crippen LogP contribution in [0.15, 0.2) is 24.8 Å². The maximum atomic E-state index is 12.6. The number of carbonyl (C=O) groups excluding carboxylic acids is 3. The topological polar surface area (TPSA) is 87.7 Å². The lowest BCUT2D eigenvalue weighted by Crippen LogP contribution is -2.40. The van der Waals surface area contributed by atoms with Gasteiger partial charge in [-0.3, -0.25) is 14.4 Å². The van der Waals surface area contributed by atoms with Gasteiger partial charge in [-0.25, -0.2) is 0 Å². The molecule has 2 aliphatic heterocycles. The molecule has 0 unspecified atom stereocenters. The first-order chi connectivity index (χ1) is 12.5. The van der Waals surface area contributed by atoms with E-state index in [0.717, 1.165) is 5.56 Å². The molecule has 138 valence electrons. The second kappa shape index (κ2) is 7.59. The van der Waals surface area contributed by atoms with Crippen molar-refractivity contribution < 1.29 is 19.1 Å². The summed E-state index contributed by atoms with van der Waals surface area (Å²) in [5.74, 6) is 0.179. The number of ether oxygens (including phenoxy) is 1. The second-order valence-electron chi connectivity index (χ2n) is 6.55. The van der Waals surface area contributed by atoms with Gasteiger partial charge in [0.05, 0.1) is 12.8 Å². The second-order valence-corrected chi connectivity index (χ2v) is 6.55. The summed E-state index contributed by atoms with van der Waals surface area (Å²) in [6, 6.07) is 3.61. The van der Waals surface area contributed by atoms with E-state index >= 15 is 0 Å². The van der Waals surface area contributed by atoms with Crippen molar-refractivity contribution in [1.82, 2.24) is 4.90 Å². The van der Waals surface area contributed by atoms with E-state index in [4.69, 9.17) is 4.74 Å². The minimum absolute atomic E-state index is 0.0285. The molecule has 2 aliphatic rings. The van der Waals surface area contributed by atoms with Gasteiger partial charge >= 0.3 is 0 Å². The van der Waals surface area contributed by atoms with Crippen LogP contribution < -0.4 is 15.4 Å². The van der Waals surface area contributed by atoms with Crippen LogP contribution in [0.4, 0.5) is 11.4 Å². The van der Waals surface area contributed by atoms with Crippen molar-refractivity contribution in [1.29, 1.82) is 0 Å². The van der Waals surface area contributed by atoms with Gasteiger partial charge in [-0.15, -0.1) is 0 Å². The number of benzene rings is 1. The summed E-state index contributed by atoms with van der Waals surface area (Å²) in [7, 11) is 1.55. The minimum Gasteiger partial charge on any atom is -0.495 e. The Balaban J connectivity index is 1.69. The first-order valence-electron chi connectivity index (χ1n) is 8.74. The molecule has 1 aromatic carbocycles. The summed E-state index contributed by atoms with van der Waals surface area (Å²) in [5.41, 5.74) is 2.25.